The van der Waals surface area contributed by atoms with Gasteiger partial charge >= 0.3 is 0 Å². The van der Waals surface area contributed by atoms with Crippen LogP contribution in [0.2, 0.25) is 0 Å². The molecule has 6 heteroatoms. The highest BCUT2D eigenvalue weighted by Gasteiger charge is 2.16. The molecule has 1 N–H and O–H groups in total. The van der Waals surface area contributed by atoms with Crippen molar-refractivity contribution in [1.82, 2.24) is 14.5 Å². The Kier molecular flexibility index (Phi) is 3.02. The first-order valence-electron chi connectivity index (χ1n) is 6.23. The van der Waals surface area contributed by atoms with Crippen molar-refractivity contribution in [3.63, 3.8) is 0 Å². The van der Waals surface area contributed by atoms with Crippen LogP contribution >= 0.6 is 11.3 Å². The number of carbonyl (C=O) groups is 1. The van der Waals surface area contributed by atoms with Crippen molar-refractivity contribution in [2.75, 3.05) is 5.32 Å². The van der Waals surface area contributed by atoms with Gasteiger partial charge in [0.15, 0.2) is 0 Å². The zero-order valence-electron chi connectivity index (χ0n) is 11.5. The first kappa shape index (κ1) is 12.8. The molecule has 102 valence electrons. The van der Waals surface area contributed by atoms with Crippen LogP contribution in [0.25, 0.3) is 11.0 Å². The topological polar surface area (TPSA) is 59.8 Å². The molecule has 5 nitrogen and oxygen atoms in total. The van der Waals surface area contributed by atoms with E-state index in [1.54, 1.807) is 0 Å². The molecule has 3 aromatic rings. The van der Waals surface area contributed by atoms with E-state index >= 15 is 0 Å². The average Bonchev–Trinajstić information content (AvgIpc) is 2.91. The van der Waals surface area contributed by atoms with E-state index in [4.69, 9.17) is 0 Å². The first-order valence-corrected chi connectivity index (χ1v) is 7.05. The van der Waals surface area contributed by atoms with Crippen LogP contribution in [-0.4, -0.2) is 20.4 Å². The molecular formula is C14H14N4OS. The molecule has 0 atom stereocenters. The lowest BCUT2D eigenvalue weighted by Gasteiger charge is -2.03. The van der Waals surface area contributed by atoms with Crippen molar-refractivity contribution in [3.8, 4) is 0 Å². The Bertz CT molecular complexity index is 803. The van der Waals surface area contributed by atoms with Gasteiger partial charge in [0.1, 0.15) is 4.88 Å². The number of amides is 1. The third-order valence-electron chi connectivity index (χ3n) is 3.12. The standard InChI is InChI=1S/C14H14N4OS/c1-8-12(20-9(2)15-8)13(19)17-14-16-10-6-4-5-7-11(10)18(14)3/h4-7H,1-3H3,(H,16,17,19). The molecule has 0 saturated heterocycles. The molecule has 0 aliphatic carbocycles. The van der Waals surface area contributed by atoms with Gasteiger partial charge in [0.05, 0.1) is 21.7 Å². The number of fused-ring (bicyclic) bond motifs is 1. The maximum atomic E-state index is 12.3. The summed E-state index contributed by atoms with van der Waals surface area (Å²) in [5, 5.41) is 3.74. The summed E-state index contributed by atoms with van der Waals surface area (Å²) in [5.74, 6) is 0.383. The third-order valence-corrected chi connectivity index (χ3v) is 4.19. The van der Waals surface area contributed by atoms with Crippen LogP contribution in [0.3, 0.4) is 0 Å². The highest BCUT2D eigenvalue weighted by Crippen LogP contribution is 2.21. The molecule has 1 amide bonds. The SMILES string of the molecule is Cc1nc(C)c(C(=O)Nc2nc3ccccc3n2C)s1. The molecule has 0 spiro atoms. The molecule has 0 unspecified atom stereocenters. The minimum atomic E-state index is -0.161. The smallest absolute Gasteiger partial charge is 0.269 e. The summed E-state index contributed by atoms with van der Waals surface area (Å²) >= 11 is 1.39. The Morgan fingerprint density at radius 1 is 1.25 bits per heavy atom. The number of aryl methyl sites for hydroxylation is 3. The molecule has 2 heterocycles. The summed E-state index contributed by atoms with van der Waals surface area (Å²) < 4.78 is 1.87. The lowest BCUT2D eigenvalue weighted by molar-refractivity contribution is 0.102. The summed E-state index contributed by atoms with van der Waals surface area (Å²) in [7, 11) is 1.88. The van der Waals surface area contributed by atoms with Crippen molar-refractivity contribution in [1.29, 1.82) is 0 Å². The van der Waals surface area contributed by atoms with Crippen molar-refractivity contribution < 1.29 is 4.79 Å². The van der Waals surface area contributed by atoms with Crippen molar-refractivity contribution in [2.24, 2.45) is 7.05 Å². The van der Waals surface area contributed by atoms with E-state index in [1.165, 1.54) is 11.3 Å². The van der Waals surface area contributed by atoms with Gasteiger partial charge in [0.2, 0.25) is 5.95 Å². The van der Waals surface area contributed by atoms with Gasteiger partial charge in [-0.25, -0.2) is 9.97 Å². The number of nitrogens with one attached hydrogen (secondary N) is 1. The molecule has 1 aromatic carbocycles. The van der Waals surface area contributed by atoms with Crippen LogP contribution in [-0.2, 0) is 7.05 Å². The molecule has 0 aliphatic heterocycles. The molecule has 0 fully saturated rings. The molecule has 0 aliphatic rings. The van der Waals surface area contributed by atoms with Crippen molar-refractivity contribution in [2.45, 2.75) is 13.8 Å². The first-order chi connectivity index (χ1) is 9.56. The molecule has 20 heavy (non-hydrogen) atoms. The molecule has 3 rings (SSSR count). The average molecular weight is 286 g/mol. The fourth-order valence-electron chi connectivity index (χ4n) is 2.16. The van der Waals surface area contributed by atoms with E-state index in [9.17, 15) is 4.79 Å². The van der Waals surface area contributed by atoms with E-state index in [-0.39, 0.29) is 5.91 Å². The Morgan fingerprint density at radius 3 is 2.65 bits per heavy atom. The number of anilines is 1. The molecule has 0 saturated carbocycles. The number of thiazole rings is 1. The summed E-state index contributed by atoms with van der Waals surface area (Å²) in [6.07, 6.45) is 0. The summed E-state index contributed by atoms with van der Waals surface area (Å²) in [6.45, 7) is 3.73. The second-order valence-electron chi connectivity index (χ2n) is 4.58. The van der Waals surface area contributed by atoms with Crippen LogP contribution < -0.4 is 5.32 Å². The van der Waals surface area contributed by atoms with Crippen molar-refractivity contribution in [3.05, 3.63) is 39.8 Å². The molecular weight excluding hydrogens is 272 g/mol. The predicted molar refractivity (Wildman–Crippen MR) is 80.3 cm³/mol. The fraction of sp³-hybridized carbons (Fsp3) is 0.214. The third kappa shape index (κ3) is 2.08. The fourth-order valence-corrected chi connectivity index (χ4v) is 2.97. The highest BCUT2D eigenvalue weighted by atomic mass is 32.1. The van der Waals surface area contributed by atoms with Gasteiger partial charge in [0.25, 0.3) is 5.91 Å². The van der Waals surface area contributed by atoms with E-state index in [0.29, 0.717) is 10.8 Å². The van der Waals surface area contributed by atoms with Crippen LogP contribution in [0.1, 0.15) is 20.4 Å². The number of hydrogen-bond donors (Lipinski definition) is 1. The Morgan fingerprint density at radius 2 is 2.00 bits per heavy atom. The van der Waals surface area contributed by atoms with Gasteiger partial charge in [-0.2, -0.15) is 0 Å². The maximum absolute atomic E-state index is 12.3. The second-order valence-corrected chi connectivity index (χ2v) is 5.79. The maximum Gasteiger partial charge on any atom is 0.269 e. The summed E-state index contributed by atoms with van der Waals surface area (Å²) in [4.78, 5) is 21.6. The monoisotopic (exact) mass is 286 g/mol. The van der Waals surface area contributed by atoms with Crippen LogP contribution in [0.15, 0.2) is 24.3 Å². The number of para-hydroxylation sites is 2. The Hall–Kier alpha value is -2.21. The van der Waals surface area contributed by atoms with Crippen LogP contribution in [0.4, 0.5) is 5.95 Å². The summed E-state index contributed by atoms with van der Waals surface area (Å²) in [6, 6.07) is 7.77. The van der Waals surface area contributed by atoms with Crippen molar-refractivity contribution >= 4 is 34.2 Å². The zero-order chi connectivity index (χ0) is 14.3. The van der Waals surface area contributed by atoms with Gasteiger partial charge in [-0.15, -0.1) is 11.3 Å². The van der Waals surface area contributed by atoms with Gasteiger partial charge in [-0.1, -0.05) is 12.1 Å². The number of nitrogens with zero attached hydrogens (tertiary/aromatic N) is 3. The number of benzene rings is 1. The number of aromatic nitrogens is 3. The van der Waals surface area contributed by atoms with Gasteiger partial charge in [-0.3, -0.25) is 10.1 Å². The number of carbonyl (C=O) groups excluding carboxylic acids is 1. The van der Waals surface area contributed by atoms with Gasteiger partial charge in [0, 0.05) is 7.05 Å². The number of rotatable bonds is 2. The minimum absolute atomic E-state index is 0.161. The number of hydrogen-bond acceptors (Lipinski definition) is 4. The van der Waals surface area contributed by atoms with Gasteiger partial charge < -0.3 is 4.57 Å². The summed E-state index contributed by atoms with van der Waals surface area (Å²) in [5.41, 5.74) is 2.60. The molecule has 2 aromatic heterocycles. The lowest BCUT2D eigenvalue weighted by Crippen LogP contribution is -2.14. The quantitative estimate of drug-likeness (QED) is 0.788. The molecule has 0 bridgehead atoms. The van der Waals surface area contributed by atoms with Crippen LogP contribution in [0.5, 0.6) is 0 Å². The largest absolute Gasteiger partial charge is 0.313 e. The number of imidazole rings is 1. The lowest BCUT2D eigenvalue weighted by atomic mass is 10.3. The van der Waals surface area contributed by atoms with E-state index < -0.39 is 0 Å². The normalized spacial score (nSPS) is 10.9. The van der Waals surface area contributed by atoms with E-state index in [1.807, 2.05) is 49.7 Å². The van der Waals surface area contributed by atoms with E-state index in [2.05, 4.69) is 15.3 Å². The Labute approximate surface area is 120 Å². The Balaban J connectivity index is 1.95. The molecule has 0 radical (unpaired) electrons. The predicted octanol–water partition coefficient (Wildman–Crippen LogP) is 2.90. The van der Waals surface area contributed by atoms with Crippen LogP contribution in [0, 0.1) is 13.8 Å². The van der Waals surface area contributed by atoms with Gasteiger partial charge in [-0.05, 0) is 26.0 Å². The highest BCUT2D eigenvalue weighted by molar-refractivity contribution is 7.13. The minimum Gasteiger partial charge on any atom is -0.313 e. The zero-order valence-corrected chi connectivity index (χ0v) is 12.3. The van der Waals surface area contributed by atoms with E-state index in [0.717, 1.165) is 21.7 Å². The second kappa shape index (κ2) is 4.72.